The molecule has 6 heteroatoms. The Bertz CT molecular complexity index is 1390. The number of amides is 1. The summed E-state index contributed by atoms with van der Waals surface area (Å²) in [5.74, 6) is 0.994. The number of ether oxygens (including phenoxy) is 1. The first-order valence-corrected chi connectivity index (χ1v) is 11.8. The lowest BCUT2D eigenvalue weighted by molar-refractivity contribution is 0.102. The normalized spacial score (nSPS) is 10.9. The zero-order valence-electron chi connectivity index (χ0n) is 17.6. The number of carbonyl (C=O) groups excluding carboxylic acids is 1. The predicted octanol–water partition coefficient (Wildman–Crippen LogP) is 7.69. The highest BCUT2D eigenvalue weighted by Gasteiger charge is 2.21. The highest BCUT2D eigenvalue weighted by atomic mass is 32.1. The van der Waals surface area contributed by atoms with Gasteiger partial charge in [-0.1, -0.05) is 42.5 Å². The first kappa shape index (κ1) is 20.4. The maximum Gasteiger partial charge on any atom is 0.260 e. The van der Waals surface area contributed by atoms with Gasteiger partial charge in [-0.15, -0.1) is 22.7 Å². The van der Waals surface area contributed by atoms with E-state index < -0.39 is 0 Å². The molecule has 32 heavy (non-hydrogen) atoms. The van der Waals surface area contributed by atoms with Crippen molar-refractivity contribution in [2.75, 3.05) is 5.32 Å². The van der Waals surface area contributed by atoms with Crippen molar-refractivity contribution >= 4 is 43.8 Å². The van der Waals surface area contributed by atoms with E-state index in [2.05, 4.69) is 25.2 Å². The summed E-state index contributed by atoms with van der Waals surface area (Å²) in [6.07, 6.45) is 0. The van der Waals surface area contributed by atoms with Crippen LogP contribution in [0.5, 0.6) is 11.5 Å². The average Bonchev–Trinajstić information content (AvgIpc) is 3.35. The van der Waals surface area contributed by atoms with E-state index in [0.29, 0.717) is 17.1 Å². The SMILES string of the molecule is Cc1sc(NC(=O)c2ccccc2Oc2ccccc2)c(-c2nc3ccccc3s2)c1C. The van der Waals surface area contributed by atoms with Crippen molar-refractivity contribution in [3.63, 3.8) is 0 Å². The number of para-hydroxylation sites is 3. The van der Waals surface area contributed by atoms with Crippen LogP contribution >= 0.6 is 22.7 Å². The molecule has 1 N–H and O–H groups in total. The van der Waals surface area contributed by atoms with Crippen molar-refractivity contribution in [1.82, 2.24) is 4.98 Å². The molecule has 0 aliphatic rings. The van der Waals surface area contributed by atoms with Crippen LogP contribution in [0.2, 0.25) is 0 Å². The van der Waals surface area contributed by atoms with Crippen LogP contribution in [-0.2, 0) is 0 Å². The molecule has 0 fully saturated rings. The Labute approximate surface area is 194 Å². The van der Waals surface area contributed by atoms with E-state index in [4.69, 9.17) is 9.72 Å². The maximum atomic E-state index is 13.3. The summed E-state index contributed by atoms with van der Waals surface area (Å²) in [5, 5.41) is 4.84. The molecular weight excluding hydrogens is 436 g/mol. The third-order valence-corrected chi connectivity index (χ3v) is 7.40. The van der Waals surface area contributed by atoms with Crippen LogP contribution in [-0.4, -0.2) is 10.9 Å². The summed E-state index contributed by atoms with van der Waals surface area (Å²) in [6, 6.07) is 24.8. The molecule has 0 spiro atoms. The molecule has 0 unspecified atom stereocenters. The van der Waals surface area contributed by atoms with E-state index in [1.807, 2.05) is 60.7 Å². The number of aryl methyl sites for hydroxylation is 1. The van der Waals surface area contributed by atoms with Crippen molar-refractivity contribution < 1.29 is 9.53 Å². The summed E-state index contributed by atoms with van der Waals surface area (Å²) < 4.78 is 7.11. The molecule has 0 aliphatic heterocycles. The fraction of sp³-hybridized carbons (Fsp3) is 0.0769. The molecule has 1 amide bonds. The minimum Gasteiger partial charge on any atom is -0.457 e. The standard InChI is InChI=1S/C26H20N2O2S2/c1-16-17(2)31-26(23(16)25-27-20-13-7-9-15-22(20)32-25)28-24(29)19-12-6-8-14-21(19)30-18-10-4-3-5-11-18/h3-15H,1-2H3,(H,28,29). The molecule has 0 atom stereocenters. The van der Waals surface area contributed by atoms with Gasteiger partial charge >= 0.3 is 0 Å². The van der Waals surface area contributed by atoms with Crippen molar-refractivity contribution in [2.45, 2.75) is 13.8 Å². The van der Waals surface area contributed by atoms with Crippen molar-refractivity contribution in [3.8, 4) is 22.1 Å². The fourth-order valence-electron chi connectivity index (χ4n) is 3.48. The number of fused-ring (bicyclic) bond motifs is 1. The van der Waals surface area contributed by atoms with Crippen LogP contribution in [0.25, 0.3) is 20.8 Å². The second-order valence-corrected chi connectivity index (χ2v) is 9.59. The zero-order chi connectivity index (χ0) is 22.1. The van der Waals surface area contributed by atoms with Crippen molar-refractivity contribution in [2.24, 2.45) is 0 Å². The Hall–Kier alpha value is -3.48. The molecular formula is C26H20N2O2S2. The van der Waals surface area contributed by atoms with Gasteiger partial charge in [0.15, 0.2) is 0 Å². The first-order valence-electron chi connectivity index (χ1n) is 10.2. The highest BCUT2D eigenvalue weighted by Crippen LogP contribution is 2.43. The molecule has 4 nitrogen and oxygen atoms in total. The minimum absolute atomic E-state index is 0.208. The van der Waals surface area contributed by atoms with E-state index in [1.54, 1.807) is 34.8 Å². The first-order chi connectivity index (χ1) is 15.6. The molecule has 158 valence electrons. The van der Waals surface area contributed by atoms with Gasteiger partial charge in [0.2, 0.25) is 0 Å². The minimum atomic E-state index is -0.208. The van der Waals surface area contributed by atoms with Gasteiger partial charge in [-0.25, -0.2) is 4.98 Å². The summed E-state index contributed by atoms with van der Waals surface area (Å²) in [4.78, 5) is 19.3. The molecule has 0 saturated heterocycles. The van der Waals surface area contributed by atoms with Crippen molar-refractivity contribution in [3.05, 3.63) is 94.9 Å². The lowest BCUT2D eigenvalue weighted by Crippen LogP contribution is -2.12. The third kappa shape index (κ3) is 3.90. The second-order valence-electron chi connectivity index (χ2n) is 7.34. The topological polar surface area (TPSA) is 51.2 Å². The summed E-state index contributed by atoms with van der Waals surface area (Å²) in [6.45, 7) is 4.15. The Morgan fingerprint density at radius 3 is 2.41 bits per heavy atom. The van der Waals surface area contributed by atoms with E-state index in [0.717, 1.165) is 36.2 Å². The number of nitrogens with one attached hydrogen (secondary N) is 1. The molecule has 2 aromatic heterocycles. The summed E-state index contributed by atoms with van der Waals surface area (Å²) in [7, 11) is 0. The van der Waals surface area contributed by atoms with Gasteiger partial charge in [0.1, 0.15) is 21.5 Å². The van der Waals surface area contributed by atoms with E-state index in [1.165, 1.54) is 0 Å². The summed E-state index contributed by atoms with van der Waals surface area (Å²) in [5.41, 5.74) is 3.58. The van der Waals surface area contributed by atoms with E-state index in [-0.39, 0.29) is 5.91 Å². The van der Waals surface area contributed by atoms with Crippen LogP contribution < -0.4 is 10.1 Å². The number of hydrogen-bond donors (Lipinski definition) is 1. The maximum absolute atomic E-state index is 13.3. The third-order valence-electron chi connectivity index (χ3n) is 5.22. The molecule has 5 rings (SSSR count). The second kappa shape index (κ2) is 8.57. The van der Waals surface area contributed by atoms with Gasteiger partial charge in [0.05, 0.1) is 15.8 Å². The van der Waals surface area contributed by atoms with Crippen LogP contribution in [0.3, 0.4) is 0 Å². The van der Waals surface area contributed by atoms with Gasteiger partial charge in [-0.05, 0) is 55.8 Å². The highest BCUT2D eigenvalue weighted by molar-refractivity contribution is 7.22. The smallest absolute Gasteiger partial charge is 0.260 e. The average molecular weight is 457 g/mol. The quantitative estimate of drug-likeness (QED) is 0.295. The number of aromatic nitrogens is 1. The monoisotopic (exact) mass is 456 g/mol. The molecule has 2 heterocycles. The number of nitrogens with zero attached hydrogens (tertiary/aromatic N) is 1. The molecule has 5 aromatic rings. The predicted molar refractivity (Wildman–Crippen MR) is 133 cm³/mol. The number of thiophene rings is 1. The van der Waals surface area contributed by atoms with Gasteiger partial charge < -0.3 is 10.1 Å². The molecule has 0 aliphatic carbocycles. The lowest BCUT2D eigenvalue weighted by atomic mass is 10.1. The Morgan fingerprint density at radius 2 is 1.59 bits per heavy atom. The summed E-state index contributed by atoms with van der Waals surface area (Å²) >= 11 is 3.21. The van der Waals surface area contributed by atoms with Crippen LogP contribution in [0.1, 0.15) is 20.8 Å². The van der Waals surface area contributed by atoms with Crippen LogP contribution in [0.15, 0.2) is 78.9 Å². The Balaban J connectivity index is 1.49. The van der Waals surface area contributed by atoms with Gasteiger partial charge in [-0.3, -0.25) is 4.79 Å². The molecule has 0 saturated carbocycles. The van der Waals surface area contributed by atoms with Gasteiger partial charge in [0.25, 0.3) is 5.91 Å². The molecule has 0 radical (unpaired) electrons. The largest absolute Gasteiger partial charge is 0.457 e. The number of rotatable bonds is 5. The zero-order valence-corrected chi connectivity index (χ0v) is 19.2. The Morgan fingerprint density at radius 1 is 0.875 bits per heavy atom. The number of carbonyl (C=O) groups is 1. The molecule has 3 aromatic carbocycles. The lowest BCUT2D eigenvalue weighted by Gasteiger charge is -2.11. The van der Waals surface area contributed by atoms with Gasteiger partial charge in [0, 0.05) is 10.4 Å². The Kier molecular flexibility index (Phi) is 5.47. The number of benzene rings is 3. The number of hydrogen-bond acceptors (Lipinski definition) is 5. The van der Waals surface area contributed by atoms with Crippen LogP contribution in [0.4, 0.5) is 5.00 Å². The van der Waals surface area contributed by atoms with Gasteiger partial charge in [-0.2, -0.15) is 0 Å². The van der Waals surface area contributed by atoms with E-state index >= 15 is 0 Å². The fourth-order valence-corrected chi connectivity index (χ4v) is 5.68. The van der Waals surface area contributed by atoms with Crippen molar-refractivity contribution in [1.29, 1.82) is 0 Å². The van der Waals surface area contributed by atoms with E-state index in [9.17, 15) is 4.79 Å². The number of thiazole rings is 1. The van der Waals surface area contributed by atoms with Crippen LogP contribution in [0, 0.1) is 13.8 Å². The molecule has 0 bridgehead atoms. The number of anilines is 1.